The number of hydrogen-bond donors (Lipinski definition) is 1. The highest BCUT2D eigenvalue weighted by Crippen LogP contribution is 2.33. The second kappa shape index (κ2) is 11.5. The van der Waals surface area contributed by atoms with Crippen LogP contribution in [0.4, 0.5) is 5.69 Å². The molecule has 1 heterocycles. The van der Waals surface area contributed by atoms with Crippen LogP contribution in [0.3, 0.4) is 0 Å². The maximum Gasteiger partial charge on any atom is 0.278 e. The van der Waals surface area contributed by atoms with Gasteiger partial charge in [0.25, 0.3) is 11.8 Å². The Balaban J connectivity index is 1.86. The summed E-state index contributed by atoms with van der Waals surface area (Å²) >= 11 is 0. The molecule has 170 valence electrons. The molecule has 32 heavy (non-hydrogen) atoms. The SMILES string of the molecule is CCCCOCCCN1C(=O)C(Nc2ccccc2OCC)=C(c2ccc(C)cc2)C1=O. The standard InChI is InChI=1S/C26H32N2O4/c1-4-6-17-31-18-9-16-28-25(29)23(20-14-12-19(3)13-15-20)24(26(28)30)27-21-10-7-8-11-22(21)32-5-2/h7-8,10-15,27H,4-6,9,16-18H2,1-3H3. The third-order valence-corrected chi connectivity index (χ3v) is 5.27. The van der Waals surface area contributed by atoms with E-state index in [-0.39, 0.29) is 17.5 Å². The molecule has 1 N–H and O–H groups in total. The van der Waals surface area contributed by atoms with Gasteiger partial charge < -0.3 is 14.8 Å². The molecule has 1 aliphatic rings. The fourth-order valence-electron chi connectivity index (χ4n) is 3.54. The number of ether oxygens (including phenoxy) is 2. The number of nitrogens with zero attached hydrogens (tertiary/aromatic N) is 1. The number of carbonyl (C=O) groups excluding carboxylic acids is 2. The first-order chi connectivity index (χ1) is 15.6. The summed E-state index contributed by atoms with van der Waals surface area (Å²) in [6.45, 7) is 8.04. The molecule has 6 heteroatoms. The molecule has 2 aromatic rings. The first-order valence-electron chi connectivity index (χ1n) is 11.3. The van der Waals surface area contributed by atoms with Gasteiger partial charge in [0.15, 0.2) is 0 Å². The van der Waals surface area contributed by atoms with E-state index < -0.39 is 0 Å². The fraction of sp³-hybridized carbons (Fsp3) is 0.385. The summed E-state index contributed by atoms with van der Waals surface area (Å²) in [5.41, 5.74) is 3.11. The van der Waals surface area contributed by atoms with Gasteiger partial charge in [-0.15, -0.1) is 0 Å². The molecule has 0 unspecified atom stereocenters. The van der Waals surface area contributed by atoms with Crippen molar-refractivity contribution in [3.05, 3.63) is 65.4 Å². The lowest BCUT2D eigenvalue weighted by Crippen LogP contribution is -2.34. The van der Waals surface area contributed by atoms with Crippen molar-refractivity contribution in [1.82, 2.24) is 4.90 Å². The van der Waals surface area contributed by atoms with Crippen molar-refractivity contribution in [2.45, 2.75) is 40.0 Å². The lowest BCUT2D eigenvalue weighted by Gasteiger charge is -2.16. The number of imide groups is 1. The predicted octanol–water partition coefficient (Wildman–Crippen LogP) is 4.79. The topological polar surface area (TPSA) is 67.9 Å². The van der Waals surface area contributed by atoms with E-state index in [0.717, 1.165) is 18.4 Å². The van der Waals surface area contributed by atoms with Crippen LogP contribution in [0, 0.1) is 6.92 Å². The molecule has 1 aliphatic heterocycles. The van der Waals surface area contributed by atoms with Gasteiger partial charge in [0.05, 0.1) is 17.9 Å². The minimum atomic E-state index is -0.328. The molecule has 0 saturated carbocycles. The van der Waals surface area contributed by atoms with Crippen LogP contribution in [0.1, 0.15) is 44.2 Å². The highest BCUT2D eigenvalue weighted by molar-refractivity contribution is 6.36. The number of carbonyl (C=O) groups is 2. The zero-order valence-electron chi connectivity index (χ0n) is 19.1. The quantitative estimate of drug-likeness (QED) is 0.383. The molecule has 0 aliphatic carbocycles. The molecule has 3 rings (SSSR count). The molecule has 0 saturated heterocycles. The first-order valence-corrected chi connectivity index (χ1v) is 11.3. The molecular weight excluding hydrogens is 404 g/mol. The number of rotatable bonds is 12. The van der Waals surface area contributed by atoms with Crippen molar-refractivity contribution in [2.75, 3.05) is 31.7 Å². The molecule has 2 amide bonds. The van der Waals surface area contributed by atoms with E-state index >= 15 is 0 Å². The van der Waals surface area contributed by atoms with Crippen molar-refractivity contribution in [2.24, 2.45) is 0 Å². The second-order valence-corrected chi connectivity index (χ2v) is 7.75. The van der Waals surface area contributed by atoms with Gasteiger partial charge in [0, 0.05) is 19.8 Å². The Morgan fingerprint density at radius 2 is 1.62 bits per heavy atom. The van der Waals surface area contributed by atoms with Crippen molar-refractivity contribution < 1.29 is 19.1 Å². The molecular formula is C26H32N2O4. The molecule has 0 fully saturated rings. The van der Waals surface area contributed by atoms with Crippen LogP contribution in [-0.4, -0.2) is 43.1 Å². The average Bonchev–Trinajstić information content (AvgIpc) is 3.02. The van der Waals surface area contributed by atoms with Crippen molar-refractivity contribution in [3.8, 4) is 5.75 Å². The summed E-state index contributed by atoms with van der Waals surface area (Å²) in [4.78, 5) is 27.9. The highest BCUT2D eigenvalue weighted by Gasteiger charge is 2.39. The van der Waals surface area contributed by atoms with E-state index in [9.17, 15) is 9.59 Å². The predicted molar refractivity (Wildman–Crippen MR) is 126 cm³/mol. The number of para-hydroxylation sites is 2. The van der Waals surface area contributed by atoms with E-state index in [2.05, 4.69) is 12.2 Å². The molecule has 0 bridgehead atoms. The summed E-state index contributed by atoms with van der Waals surface area (Å²) < 4.78 is 11.3. The van der Waals surface area contributed by atoms with Crippen LogP contribution >= 0.6 is 0 Å². The zero-order valence-corrected chi connectivity index (χ0v) is 19.1. The van der Waals surface area contributed by atoms with Gasteiger partial charge in [-0.2, -0.15) is 0 Å². The van der Waals surface area contributed by atoms with Crippen LogP contribution in [0.2, 0.25) is 0 Å². The van der Waals surface area contributed by atoms with Crippen LogP contribution in [-0.2, 0) is 14.3 Å². The maximum atomic E-state index is 13.3. The number of aryl methyl sites for hydroxylation is 1. The Kier molecular flexibility index (Phi) is 8.45. The molecule has 0 aromatic heterocycles. The van der Waals surface area contributed by atoms with Crippen LogP contribution in [0.15, 0.2) is 54.2 Å². The Labute approximate surface area is 190 Å². The normalized spacial score (nSPS) is 13.8. The Morgan fingerprint density at radius 1 is 0.906 bits per heavy atom. The van der Waals surface area contributed by atoms with E-state index in [1.54, 1.807) is 0 Å². The van der Waals surface area contributed by atoms with E-state index in [1.807, 2.05) is 62.4 Å². The molecule has 6 nitrogen and oxygen atoms in total. The van der Waals surface area contributed by atoms with Gasteiger partial charge in [-0.25, -0.2) is 0 Å². The Morgan fingerprint density at radius 3 is 2.34 bits per heavy atom. The molecule has 0 radical (unpaired) electrons. The Hall–Kier alpha value is -3.12. The molecule has 2 aromatic carbocycles. The number of anilines is 1. The van der Waals surface area contributed by atoms with E-state index in [0.29, 0.717) is 55.4 Å². The number of amides is 2. The van der Waals surface area contributed by atoms with Gasteiger partial charge in [-0.3, -0.25) is 14.5 Å². The molecule has 0 atom stereocenters. The number of unbranched alkanes of at least 4 members (excludes halogenated alkanes) is 1. The van der Waals surface area contributed by atoms with Gasteiger partial charge in [-0.05, 0) is 44.4 Å². The van der Waals surface area contributed by atoms with Crippen molar-refractivity contribution in [1.29, 1.82) is 0 Å². The molecule has 0 spiro atoms. The first kappa shape index (κ1) is 23.5. The van der Waals surface area contributed by atoms with Crippen LogP contribution < -0.4 is 10.1 Å². The number of hydrogen-bond acceptors (Lipinski definition) is 5. The van der Waals surface area contributed by atoms with Crippen molar-refractivity contribution in [3.63, 3.8) is 0 Å². The minimum Gasteiger partial charge on any atom is -0.492 e. The summed E-state index contributed by atoms with van der Waals surface area (Å²) in [6.07, 6.45) is 2.68. The van der Waals surface area contributed by atoms with Gasteiger partial charge >= 0.3 is 0 Å². The summed E-state index contributed by atoms with van der Waals surface area (Å²) in [5, 5.41) is 3.20. The van der Waals surface area contributed by atoms with Gasteiger partial charge in [0.2, 0.25) is 0 Å². The second-order valence-electron chi connectivity index (χ2n) is 7.75. The Bertz CT molecular complexity index is 966. The monoisotopic (exact) mass is 436 g/mol. The summed E-state index contributed by atoms with van der Waals surface area (Å²) in [5.74, 6) is 0.0167. The van der Waals surface area contributed by atoms with Gasteiger partial charge in [-0.1, -0.05) is 55.3 Å². The lowest BCUT2D eigenvalue weighted by atomic mass is 10.0. The van der Waals surface area contributed by atoms with Gasteiger partial charge in [0.1, 0.15) is 11.4 Å². The smallest absolute Gasteiger partial charge is 0.278 e. The van der Waals surface area contributed by atoms with Crippen LogP contribution in [0.5, 0.6) is 5.75 Å². The largest absolute Gasteiger partial charge is 0.492 e. The minimum absolute atomic E-state index is 0.276. The number of benzene rings is 2. The maximum absolute atomic E-state index is 13.3. The fourth-order valence-corrected chi connectivity index (χ4v) is 3.54. The van der Waals surface area contributed by atoms with Crippen LogP contribution in [0.25, 0.3) is 5.57 Å². The summed E-state index contributed by atoms with van der Waals surface area (Å²) in [7, 11) is 0. The highest BCUT2D eigenvalue weighted by atomic mass is 16.5. The number of nitrogens with one attached hydrogen (secondary N) is 1. The third-order valence-electron chi connectivity index (χ3n) is 5.27. The average molecular weight is 437 g/mol. The van der Waals surface area contributed by atoms with E-state index in [1.165, 1.54) is 4.90 Å². The summed E-state index contributed by atoms with van der Waals surface area (Å²) in [6, 6.07) is 15.1. The third kappa shape index (κ3) is 5.56. The zero-order chi connectivity index (χ0) is 22.9. The lowest BCUT2D eigenvalue weighted by molar-refractivity contribution is -0.137. The van der Waals surface area contributed by atoms with Crippen molar-refractivity contribution >= 4 is 23.1 Å². The van der Waals surface area contributed by atoms with E-state index in [4.69, 9.17) is 9.47 Å².